The second-order valence-corrected chi connectivity index (χ2v) is 9.29. The lowest BCUT2D eigenvalue weighted by Crippen LogP contribution is -2.32. The van der Waals surface area contributed by atoms with E-state index in [1.54, 1.807) is 20.4 Å². The smallest absolute Gasteiger partial charge is 0.233 e. The number of piperidine rings is 1. The van der Waals surface area contributed by atoms with E-state index in [0.717, 1.165) is 48.3 Å². The molecule has 0 spiro atoms. The van der Waals surface area contributed by atoms with E-state index in [-0.39, 0.29) is 11.9 Å². The van der Waals surface area contributed by atoms with Gasteiger partial charge in [0.25, 0.3) is 0 Å². The van der Waals surface area contributed by atoms with E-state index < -0.39 is 5.41 Å². The van der Waals surface area contributed by atoms with Crippen molar-refractivity contribution >= 4 is 28.7 Å². The highest BCUT2D eigenvalue weighted by Crippen LogP contribution is 2.35. The number of hydrogen-bond acceptors (Lipinski definition) is 7. The summed E-state index contributed by atoms with van der Waals surface area (Å²) in [4.78, 5) is 28.8. The minimum atomic E-state index is -0.547. The van der Waals surface area contributed by atoms with Gasteiger partial charge in [0.05, 0.1) is 19.6 Å². The maximum absolute atomic E-state index is 12.6. The molecule has 1 aromatic carbocycles. The summed E-state index contributed by atoms with van der Waals surface area (Å²) in [6, 6.07) is 7.85. The molecule has 3 aromatic rings. The van der Waals surface area contributed by atoms with Gasteiger partial charge in [0, 0.05) is 30.3 Å². The Hall–Kier alpha value is -3.42. The van der Waals surface area contributed by atoms with Crippen molar-refractivity contribution in [1.82, 2.24) is 15.0 Å². The highest BCUT2D eigenvalue weighted by molar-refractivity contribution is 5.96. The molecule has 1 aliphatic heterocycles. The predicted octanol–water partition coefficient (Wildman–Crippen LogP) is 4.68. The standard InChI is InChI=1S/C25H31N5O3/c1-25(2,3)23(31)29-24-27-21-18(22(28-24)30-11-7-6-8-12-30)13-17(15-26-21)16-9-10-19(32-4)20(14-16)33-5/h9-10,13-15H,6-8,11-12H2,1-5H3,(H,26,27,28,29,31). The first kappa shape index (κ1) is 22.8. The van der Waals surface area contributed by atoms with E-state index in [1.165, 1.54) is 6.42 Å². The molecule has 1 saturated heterocycles. The Bertz CT molecular complexity index is 1170. The van der Waals surface area contributed by atoms with Gasteiger partial charge >= 0.3 is 0 Å². The minimum Gasteiger partial charge on any atom is -0.493 e. The summed E-state index contributed by atoms with van der Waals surface area (Å²) in [5.74, 6) is 2.29. The van der Waals surface area contributed by atoms with Crippen LogP contribution in [0.5, 0.6) is 11.5 Å². The highest BCUT2D eigenvalue weighted by atomic mass is 16.5. The Morgan fingerprint density at radius 2 is 1.70 bits per heavy atom. The van der Waals surface area contributed by atoms with Gasteiger partial charge < -0.3 is 14.4 Å². The molecule has 1 amide bonds. The number of amides is 1. The number of ether oxygens (including phenoxy) is 2. The fraction of sp³-hybridized carbons (Fsp3) is 0.440. The number of rotatable bonds is 5. The number of benzene rings is 1. The monoisotopic (exact) mass is 449 g/mol. The molecule has 0 atom stereocenters. The van der Waals surface area contributed by atoms with Gasteiger partial charge in [-0.25, -0.2) is 4.98 Å². The topological polar surface area (TPSA) is 89.5 Å². The molecule has 8 heteroatoms. The van der Waals surface area contributed by atoms with Crippen LogP contribution in [0.2, 0.25) is 0 Å². The molecule has 1 aliphatic rings. The van der Waals surface area contributed by atoms with E-state index in [1.807, 2.05) is 39.0 Å². The second kappa shape index (κ2) is 9.21. The zero-order chi connectivity index (χ0) is 23.6. The van der Waals surface area contributed by atoms with Crippen LogP contribution in [0.4, 0.5) is 11.8 Å². The van der Waals surface area contributed by atoms with E-state index in [2.05, 4.69) is 26.3 Å². The molecular weight excluding hydrogens is 418 g/mol. The van der Waals surface area contributed by atoms with Crippen LogP contribution in [0.3, 0.4) is 0 Å². The Labute approximate surface area is 194 Å². The van der Waals surface area contributed by atoms with Crippen molar-refractivity contribution in [1.29, 1.82) is 0 Å². The average Bonchev–Trinajstić information content (AvgIpc) is 2.82. The first-order valence-corrected chi connectivity index (χ1v) is 11.3. The number of anilines is 2. The summed E-state index contributed by atoms with van der Waals surface area (Å²) < 4.78 is 10.8. The number of carbonyl (C=O) groups is 1. The van der Waals surface area contributed by atoms with Crippen LogP contribution in [0, 0.1) is 5.41 Å². The SMILES string of the molecule is COc1ccc(-c2cnc3nc(NC(=O)C(C)(C)C)nc(N4CCCCC4)c3c2)cc1OC. The van der Waals surface area contributed by atoms with E-state index in [4.69, 9.17) is 14.5 Å². The van der Waals surface area contributed by atoms with E-state index in [9.17, 15) is 4.79 Å². The van der Waals surface area contributed by atoms with Crippen LogP contribution in [-0.2, 0) is 4.79 Å². The average molecular weight is 450 g/mol. The number of nitrogens with zero attached hydrogens (tertiary/aromatic N) is 4. The van der Waals surface area contributed by atoms with Crippen LogP contribution >= 0.6 is 0 Å². The zero-order valence-electron chi connectivity index (χ0n) is 19.9. The van der Waals surface area contributed by atoms with Crippen LogP contribution in [-0.4, -0.2) is 48.2 Å². The van der Waals surface area contributed by atoms with Gasteiger partial charge in [0.1, 0.15) is 5.82 Å². The summed E-state index contributed by atoms with van der Waals surface area (Å²) in [7, 11) is 3.24. The molecule has 1 N–H and O–H groups in total. The molecule has 0 aliphatic carbocycles. The molecule has 33 heavy (non-hydrogen) atoms. The third kappa shape index (κ3) is 4.84. The van der Waals surface area contributed by atoms with Gasteiger partial charge in [-0.1, -0.05) is 26.8 Å². The lowest BCUT2D eigenvalue weighted by atomic mass is 9.96. The largest absolute Gasteiger partial charge is 0.493 e. The van der Waals surface area contributed by atoms with Gasteiger partial charge in [-0.15, -0.1) is 0 Å². The fourth-order valence-corrected chi connectivity index (χ4v) is 3.86. The fourth-order valence-electron chi connectivity index (χ4n) is 3.86. The van der Waals surface area contributed by atoms with E-state index in [0.29, 0.717) is 17.1 Å². The van der Waals surface area contributed by atoms with Gasteiger partial charge in [0.2, 0.25) is 11.9 Å². The van der Waals surface area contributed by atoms with Crippen molar-refractivity contribution in [3.8, 4) is 22.6 Å². The van der Waals surface area contributed by atoms with Crippen LogP contribution in [0.1, 0.15) is 40.0 Å². The third-order valence-corrected chi connectivity index (χ3v) is 5.81. The molecule has 0 radical (unpaired) electrons. The van der Waals surface area contributed by atoms with Crippen molar-refractivity contribution in [2.45, 2.75) is 40.0 Å². The van der Waals surface area contributed by atoms with Crippen molar-refractivity contribution in [3.63, 3.8) is 0 Å². The molecule has 8 nitrogen and oxygen atoms in total. The minimum absolute atomic E-state index is 0.131. The van der Waals surface area contributed by atoms with Gasteiger partial charge in [0.15, 0.2) is 17.1 Å². The highest BCUT2D eigenvalue weighted by Gasteiger charge is 2.24. The number of carbonyl (C=O) groups excluding carboxylic acids is 1. The summed E-state index contributed by atoms with van der Waals surface area (Å²) in [5.41, 5.74) is 1.89. The summed E-state index contributed by atoms with van der Waals surface area (Å²) >= 11 is 0. The van der Waals surface area contributed by atoms with Crippen molar-refractivity contribution in [2.75, 3.05) is 37.5 Å². The van der Waals surface area contributed by atoms with Crippen molar-refractivity contribution < 1.29 is 14.3 Å². The van der Waals surface area contributed by atoms with Crippen LogP contribution < -0.4 is 19.7 Å². The number of aromatic nitrogens is 3. The summed E-state index contributed by atoms with van der Waals surface area (Å²) in [6.45, 7) is 7.42. The maximum atomic E-state index is 12.6. The lowest BCUT2D eigenvalue weighted by molar-refractivity contribution is -0.123. The zero-order valence-corrected chi connectivity index (χ0v) is 19.9. The summed E-state index contributed by atoms with van der Waals surface area (Å²) in [5, 5.41) is 3.73. The molecule has 0 unspecified atom stereocenters. The quantitative estimate of drug-likeness (QED) is 0.605. The molecule has 0 bridgehead atoms. The second-order valence-electron chi connectivity index (χ2n) is 9.29. The molecule has 4 rings (SSSR count). The molecule has 1 fully saturated rings. The van der Waals surface area contributed by atoms with E-state index >= 15 is 0 Å². The number of nitrogens with one attached hydrogen (secondary N) is 1. The summed E-state index contributed by atoms with van der Waals surface area (Å²) in [6.07, 6.45) is 5.21. The molecule has 174 valence electrons. The van der Waals surface area contributed by atoms with Gasteiger partial charge in [-0.2, -0.15) is 9.97 Å². The lowest BCUT2D eigenvalue weighted by Gasteiger charge is -2.29. The van der Waals surface area contributed by atoms with Crippen LogP contribution in [0.15, 0.2) is 30.5 Å². The molecule has 2 aromatic heterocycles. The molecular formula is C25H31N5O3. The Kier molecular flexibility index (Phi) is 6.35. The number of hydrogen-bond donors (Lipinski definition) is 1. The van der Waals surface area contributed by atoms with Crippen molar-refractivity contribution in [3.05, 3.63) is 30.5 Å². The normalized spacial score (nSPS) is 14.3. The van der Waals surface area contributed by atoms with Crippen molar-refractivity contribution in [2.24, 2.45) is 5.41 Å². The first-order valence-electron chi connectivity index (χ1n) is 11.3. The Balaban J connectivity index is 1.81. The number of fused-ring (bicyclic) bond motifs is 1. The number of pyridine rings is 1. The molecule has 3 heterocycles. The number of methoxy groups -OCH3 is 2. The molecule has 0 saturated carbocycles. The predicted molar refractivity (Wildman–Crippen MR) is 130 cm³/mol. The first-order chi connectivity index (χ1) is 15.8. The van der Waals surface area contributed by atoms with Gasteiger partial charge in [-0.05, 0) is 43.0 Å². The van der Waals surface area contributed by atoms with Gasteiger partial charge in [-0.3, -0.25) is 10.1 Å². The van der Waals surface area contributed by atoms with Crippen LogP contribution in [0.25, 0.3) is 22.2 Å². The Morgan fingerprint density at radius 1 is 0.970 bits per heavy atom. The Morgan fingerprint density at radius 3 is 2.36 bits per heavy atom. The maximum Gasteiger partial charge on any atom is 0.233 e. The third-order valence-electron chi connectivity index (χ3n) is 5.81.